The quantitative estimate of drug-likeness (QED) is 0.422. The summed E-state index contributed by atoms with van der Waals surface area (Å²) in [6.07, 6.45) is -1.73. The topological polar surface area (TPSA) is 114 Å². The third-order valence-corrected chi connectivity index (χ3v) is 11.6. The Kier molecular flexibility index (Phi) is 4.66. The Labute approximate surface area is 210 Å². The van der Waals surface area contributed by atoms with Crippen molar-refractivity contribution in [3.63, 3.8) is 0 Å². The van der Waals surface area contributed by atoms with Crippen molar-refractivity contribution in [1.29, 1.82) is 0 Å². The number of esters is 3. The van der Waals surface area contributed by atoms with Crippen LogP contribution in [0, 0.1) is 44.8 Å². The fourth-order valence-electron chi connectivity index (χ4n) is 11.5. The first-order valence-corrected chi connectivity index (χ1v) is 13.0. The van der Waals surface area contributed by atoms with E-state index < -0.39 is 63.3 Å². The van der Waals surface area contributed by atoms with Gasteiger partial charge in [0.2, 0.25) is 0 Å². The molecule has 0 aromatic carbocycles. The van der Waals surface area contributed by atoms with Gasteiger partial charge in [0.15, 0.2) is 0 Å². The second-order valence-corrected chi connectivity index (χ2v) is 12.9. The fourth-order valence-corrected chi connectivity index (χ4v) is 11.5. The monoisotopic (exact) mass is 504 g/mol. The third-order valence-electron chi connectivity index (χ3n) is 11.6. The Hall–Kier alpha value is -2.00. The van der Waals surface area contributed by atoms with E-state index >= 15 is 0 Å². The minimum atomic E-state index is -0.932. The second-order valence-electron chi connectivity index (χ2n) is 12.9. The lowest BCUT2D eigenvalue weighted by molar-refractivity contribution is -0.387. The number of hydrogen-bond acceptors (Lipinski definition) is 9. The van der Waals surface area contributed by atoms with Crippen LogP contribution < -0.4 is 0 Å². The average molecular weight is 505 g/mol. The number of ether oxygens (including phenoxy) is 5. The smallest absolute Gasteiger partial charge is 0.303 e. The van der Waals surface area contributed by atoms with E-state index in [1.165, 1.54) is 20.8 Å². The SMILES string of the molecule is CC(=O)O[C@@H]1[C@@H]2CC(=O)[C@@]3(C)[C@@H]4[C@H]5OCOC[C@H]5C[C@@]5(C)[C@@H](OC(C)=O)[C@H](OC(C)=O)[C@]3(C2(C)C)C145. The van der Waals surface area contributed by atoms with Gasteiger partial charge in [0, 0.05) is 66.6 Å². The normalized spacial score (nSPS) is 53.0. The summed E-state index contributed by atoms with van der Waals surface area (Å²) in [4.78, 5) is 52.0. The van der Waals surface area contributed by atoms with Crippen molar-refractivity contribution in [2.45, 2.75) is 85.7 Å². The molecule has 1 aliphatic heterocycles. The Morgan fingerprint density at radius 1 is 0.889 bits per heavy atom. The molecule has 0 radical (unpaired) electrons. The largest absolute Gasteiger partial charge is 0.462 e. The number of ketones is 1. The Morgan fingerprint density at radius 3 is 2.08 bits per heavy atom. The predicted octanol–water partition coefficient (Wildman–Crippen LogP) is 2.43. The van der Waals surface area contributed by atoms with Crippen molar-refractivity contribution < 1.29 is 42.9 Å². The zero-order valence-corrected chi connectivity index (χ0v) is 22.0. The first kappa shape index (κ1) is 24.3. The van der Waals surface area contributed by atoms with Crippen LogP contribution >= 0.6 is 0 Å². The summed E-state index contributed by atoms with van der Waals surface area (Å²) in [5.74, 6) is -1.94. The van der Waals surface area contributed by atoms with Gasteiger partial charge >= 0.3 is 17.9 Å². The molecule has 1 heterocycles. The molecule has 6 rings (SSSR count). The van der Waals surface area contributed by atoms with Crippen molar-refractivity contribution >= 4 is 23.7 Å². The fraction of sp³-hybridized carbons (Fsp3) is 0.852. The maximum Gasteiger partial charge on any atom is 0.303 e. The predicted molar refractivity (Wildman–Crippen MR) is 122 cm³/mol. The highest BCUT2D eigenvalue weighted by Gasteiger charge is 3.04. The highest BCUT2D eigenvalue weighted by Crippen LogP contribution is 2.98. The van der Waals surface area contributed by atoms with Crippen LogP contribution in [-0.4, -0.2) is 61.5 Å². The van der Waals surface area contributed by atoms with Gasteiger partial charge in [0.25, 0.3) is 0 Å². The van der Waals surface area contributed by atoms with Gasteiger partial charge in [-0.05, 0) is 11.8 Å². The van der Waals surface area contributed by atoms with E-state index in [4.69, 9.17) is 23.7 Å². The molecule has 11 atom stereocenters. The van der Waals surface area contributed by atoms with E-state index in [1.807, 2.05) is 6.92 Å². The van der Waals surface area contributed by atoms with E-state index in [-0.39, 0.29) is 42.9 Å². The van der Waals surface area contributed by atoms with E-state index in [0.717, 1.165) is 0 Å². The molecule has 9 heteroatoms. The number of hydrogen-bond donors (Lipinski definition) is 0. The Balaban J connectivity index is 1.72. The summed E-state index contributed by atoms with van der Waals surface area (Å²) in [6.45, 7) is 13.0. The molecule has 36 heavy (non-hydrogen) atoms. The van der Waals surface area contributed by atoms with Crippen LogP contribution in [0.1, 0.15) is 61.3 Å². The molecule has 1 saturated heterocycles. The summed E-state index contributed by atoms with van der Waals surface area (Å²) in [6, 6.07) is 0. The molecule has 2 spiro atoms. The summed E-state index contributed by atoms with van der Waals surface area (Å²) in [5.41, 5.74) is -3.96. The van der Waals surface area contributed by atoms with Gasteiger partial charge in [-0.3, -0.25) is 19.2 Å². The zero-order chi connectivity index (χ0) is 26.2. The minimum absolute atomic E-state index is 0.0446. The molecule has 5 saturated carbocycles. The van der Waals surface area contributed by atoms with E-state index in [2.05, 4.69) is 20.8 Å². The molecule has 2 bridgehead atoms. The minimum Gasteiger partial charge on any atom is -0.462 e. The van der Waals surface area contributed by atoms with E-state index in [1.54, 1.807) is 0 Å². The van der Waals surface area contributed by atoms with Crippen LogP contribution in [0.4, 0.5) is 0 Å². The van der Waals surface area contributed by atoms with Crippen LogP contribution in [0.3, 0.4) is 0 Å². The first-order valence-electron chi connectivity index (χ1n) is 13.0. The number of rotatable bonds is 3. The Bertz CT molecular complexity index is 1080. The van der Waals surface area contributed by atoms with E-state index in [0.29, 0.717) is 13.0 Å². The van der Waals surface area contributed by atoms with Crippen molar-refractivity contribution in [1.82, 2.24) is 0 Å². The molecule has 0 amide bonds. The second kappa shape index (κ2) is 6.90. The molecule has 0 aromatic heterocycles. The number of fused-ring (bicyclic) bond motifs is 4. The van der Waals surface area contributed by atoms with Gasteiger partial charge in [-0.15, -0.1) is 0 Å². The highest BCUT2D eigenvalue weighted by atomic mass is 16.7. The number of carbonyl (C=O) groups excluding carboxylic acids is 4. The number of carbonyl (C=O) groups is 4. The van der Waals surface area contributed by atoms with Gasteiger partial charge in [-0.25, -0.2) is 0 Å². The van der Waals surface area contributed by atoms with Crippen LogP contribution in [0.15, 0.2) is 0 Å². The van der Waals surface area contributed by atoms with Gasteiger partial charge in [-0.2, -0.15) is 0 Å². The van der Waals surface area contributed by atoms with Gasteiger partial charge < -0.3 is 23.7 Å². The van der Waals surface area contributed by atoms with Crippen molar-refractivity contribution in [2.75, 3.05) is 13.4 Å². The molecule has 5 aliphatic carbocycles. The van der Waals surface area contributed by atoms with Gasteiger partial charge in [0.05, 0.1) is 12.7 Å². The standard InChI is InChI=1S/C27H36O9/c1-12(28)34-20-16-8-17(31)25(7)19-18-15(10-32-11-33-18)9-24(6)21(35-13(2)29)22(36-14(3)30)27(25,23(16,4)5)26(19,20)24/h15-16,18-22H,8-11H2,1-7H3/t15-,16+,18+,19+,20-,21+,22+,24+,25+,26?,27-/m1/s1. The van der Waals surface area contributed by atoms with Gasteiger partial charge in [0.1, 0.15) is 30.9 Å². The summed E-state index contributed by atoms with van der Waals surface area (Å²) >= 11 is 0. The highest BCUT2D eigenvalue weighted by molar-refractivity contribution is 5.92. The lowest BCUT2D eigenvalue weighted by atomic mass is 9.22. The molecule has 0 N–H and O–H groups in total. The third kappa shape index (κ3) is 2.14. The molecule has 198 valence electrons. The summed E-state index contributed by atoms with van der Waals surface area (Å²) in [5, 5.41) is 0. The molecular weight excluding hydrogens is 468 g/mol. The average Bonchev–Trinajstić information content (AvgIpc) is 2.92. The maximum atomic E-state index is 14.2. The van der Waals surface area contributed by atoms with Crippen LogP contribution in [0.25, 0.3) is 0 Å². The number of Topliss-reactive ketones (excluding diaryl/α,β-unsaturated/α-hetero) is 1. The van der Waals surface area contributed by atoms with Crippen molar-refractivity contribution in [2.24, 2.45) is 44.8 Å². The van der Waals surface area contributed by atoms with E-state index in [9.17, 15) is 19.2 Å². The lowest BCUT2D eigenvalue weighted by Gasteiger charge is -2.80. The first-order chi connectivity index (χ1) is 16.7. The van der Waals surface area contributed by atoms with Gasteiger partial charge in [-0.1, -0.05) is 27.7 Å². The molecule has 9 nitrogen and oxygen atoms in total. The molecule has 6 aliphatic rings. The van der Waals surface area contributed by atoms with Crippen LogP contribution in [0.5, 0.6) is 0 Å². The van der Waals surface area contributed by atoms with Crippen molar-refractivity contribution in [3.05, 3.63) is 0 Å². The van der Waals surface area contributed by atoms with Crippen LogP contribution in [-0.2, 0) is 42.9 Å². The molecule has 1 unspecified atom stereocenters. The molecule has 0 aromatic rings. The zero-order valence-electron chi connectivity index (χ0n) is 22.0. The Morgan fingerprint density at radius 2 is 1.47 bits per heavy atom. The van der Waals surface area contributed by atoms with Crippen LogP contribution in [0.2, 0.25) is 0 Å². The summed E-state index contributed by atoms with van der Waals surface area (Å²) < 4.78 is 30.4. The molecular formula is C27H36O9. The lowest BCUT2D eigenvalue weighted by Crippen LogP contribution is -2.85. The summed E-state index contributed by atoms with van der Waals surface area (Å²) in [7, 11) is 0. The van der Waals surface area contributed by atoms with Crippen molar-refractivity contribution in [3.8, 4) is 0 Å². The maximum absolute atomic E-state index is 14.2. The molecule has 6 fully saturated rings.